The summed E-state index contributed by atoms with van der Waals surface area (Å²) < 4.78 is 5.52. The van der Waals surface area contributed by atoms with Crippen molar-refractivity contribution in [1.29, 1.82) is 0 Å². The molecule has 0 bridgehead atoms. The first-order valence-electron chi connectivity index (χ1n) is 6.30. The molecular weight excluding hydrogens is 204 g/mol. The molecule has 0 aromatic rings. The minimum absolute atomic E-state index is 0.0630. The Bertz CT molecular complexity index is 249. The minimum Gasteiger partial charge on any atom is -0.380 e. The first-order valence-corrected chi connectivity index (χ1v) is 6.30. The van der Waals surface area contributed by atoms with E-state index in [9.17, 15) is 4.79 Å². The van der Waals surface area contributed by atoms with Crippen LogP contribution in [0.15, 0.2) is 0 Å². The highest BCUT2D eigenvalue weighted by Crippen LogP contribution is 2.21. The third-order valence-electron chi connectivity index (χ3n) is 3.47. The van der Waals surface area contributed by atoms with Crippen molar-refractivity contribution in [2.75, 3.05) is 19.8 Å². The zero-order valence-electron chi connectivity index (χ0n) is 10.1. The smallest absolute Gasteiger partial charge is 0.221 e. The van der Waals surface area contributed by atoms with Crippen LogP contribution in [0.3, 0.4) is 0 Å². The van der Waals surface area contributed by atoms with E-state index in [1.807, 2.05) is 0 Å². The van der Waals surface area contributed by atoms with Crippen molar-refractivity contribution < 1.29 is 9.53 Å². The van der Waals surface area contributed by atoms with Crippen LogP contribution in [-0.2, 0) is 9.53 Å². The average molecular weight is 226 g/mol. The highest BCUT2D eigenvalue weighted by Gasteiger charge is 2.31. The van der Waals surface area contributed by atoms with Crippen LogP contribution in [0.5, 0.6) is 0 Å². The topological polar surface area (TPSA) is 50.4 Å². The normalized spacial score (nSPS) is 36.6. The molecule has 0 spiro atoms. The van der Waals surface area contributed by atoms with Gasteiger partial charge in [-0.3, -0.25) is 4.79 Å². The number of hydrogen-bond donors (Lipinski definition) is 2. The number of amides is 1. The van der Waals surface area contributed by atoms with Crippen LogP contribution in [0.4, 0.5) is 0 Å². The highest BCUT2D eigenvalue weighted by atomic mass is 16.5. The maximum Gasteiger partial charge on any atom is 0.221 e. The molecule has 2 atom stereocenters. The lowest BCUT2D eigenvalue weighted by atomic mass is 9.92. The summed E-state index contributed by atoms with van der Waals surface area (Å²) in [6.45, 7) is 4.67. The Hall–Kier alpha value is -0.610. The fraction of sp³-hybridized carbons (Fsp3) is 0.917. The highest BCUT2D eigenvalue weighted by molar-refractivity contribution is 5.76. The van der Waals surface area contributed by atoms with Gasteiger partial charge < -0.3 is 15.4 Å². The Labute approximate surface area is 97.1 Å². The number of carbonyl (C=O) groups excluding carboxylic acids is 1. The molecule has 92 valence electrons. The first kappa shape index (κ1) is 11.9. The molecule has 0 aromatic carbocycles. The summed E-state index contributed by atoms with van der Waals surface area (Å²) in [5, 5.41) is 6.53. The van der Waals surface area contributed by atoms with Crippen LogP contribution >= 0.6 is 0 Å². The molecule has 2 unspecified atom stereocenters. The second-order valence-corrected chi connectivity index (χ2v) is 5.25. The molecule has 4 nitrogen and oxygen atoms in total. The minimum atomic E-state index is 0.0630. The zero-order valence-corrected chi connectivity index (χ0v) is 10.1. The van der Waals surface area contributed by atoms with Gasteiger partial charge in [0.25, 0.3) is 0 Å². The average Bonchev–Trinajstić information content (AvgIpc) is 2.43. The molecule has 0 aliphatic carbocycles. The Balaban J connectivity index is 1.88. The molecular formula is C12H22N2O2. The SMILES string of the molecule is CC1(NC2CCCNC(=O)C2)CCCOC1. The van der Waals surface area contributed by atoms with Gasteiger partial charge in [0.15, 0.2) is 0 Å². The molecule has 2 saturated heterocycles. The molecule has 0 aromatic heterocycles. The lowest BCUT2D eigenvalue weighted by molar-refractivity contribution is -0.121. The molecule has 4 heteroatoms. The largest absolute Gasteiger partial charge is 0.380 e. The maximum atomic E-state index is 11.5. The second-order valence-electron chi connectivity index (χ2n) is 5.25. The first-order chi connectivity index (χ1) is 7.68. The molecule has 2 N–H and O–H groups in total. The quantitative estimate of drug-likeness (QED) is 0.732. The zero-order chi connectivity index (χ0) is 11.4. The van der Waals surface area contributed by atoms with E-state index in [4.69, 9.17) is 4.74 Å². The molecule has 0 saturated carbocycles. The Morgan fingerprint density at radius 2 is 2.38 bits per heavy atom. The van der Waals surface area contributed by atoms with Crippen LogP contribution in [0.25, 0.3) is 0 Å². The van der Waals surface area contributed by atoms with E-state index >= 15 is 0 Å². The van der Waals surface area contributed by atoms with Gasteiger partial charge in [0, 0.05) is 31.2 Å². The fourth-order valence-electron chi connectivity index (χ4n) is 2.64. The number of carbonyl (C=O) groups is 1. The van der Waals surface area contributed by atoms with Gasteiger partial charge >= 0.3 is 0 Å². The van der Waals surface area contributed by atoms with Gasteiger partial charge in [-0.1, -0.05) is 0 Å². The van der Waals surface area contributed by atoms with Crippen LogP contribution in [0.1, 0.15) is 39.0 Å². The van der Waals surface area contributed by atoms with Gasteiger partial charge in [0.05, 0.1) is 6.61 Å². The van der Waals surface area contributed by atoms with Crippen molar-refractivity contribution >= 4 is 5.91 Å². The van der Waals surface area contributed by atoms with Crippen molar-refractivity contribution in [1.82, 2.24) is 10.6 Å². The molecule has 2 heterocycles. The molecule has 1 amide bonds. The number of rotatable bonds is 2. The van der Waals surface area contributed by atoms with Crippen molar-refractivity contribution in [2.24, 2.45) is 0 Å². The predicted octanol–water partition coefficient (Wildman–Crippen LogP) is 0.814. The van der Waals surface area contributed by atoms with Gasteiger partial charge in [-0.2, -0.15) is 0 Å². The lowest BCUT2D eigenvalue weighted by Crippen LogP contribution is -2.53. The van der Waals surface area contributed by atoms with E-state index in [0.717, 1.165) is 45.4 Å². The maximum absolute atomic E-state index is 11.5. The Morgan fingerprint density at radius 1 is 1.50 bits per heavy atom. The van der Waals surface area contributed by atoms with Gasteiger partial charge in [-0.05, 0) is 32.6 Å². The summed E-state index contributed by atoms with van der Waals surface area (Å²) in [4.78, 5) is 11.5. The summed E-state index contributed by atoms with van der Waals surface area (Å²) in [5.41, 5.74) is 0.0630. The van der Waals surface area contributed by atoms with Crippen molar-refractivity contribution in [3.63, 3.8) is 0 Å². The van der Waals surface area contributed by atoms with E-state index < -0.39 is 0 Å². The van der Waals surface area contributed by atoms with E-state index in [1.165, 1.54) is 0 Å². The van der Waals surface area contributed by atoms with E-state index in [2.05, 4.69) is 17.6 Å². The van der Waals surface area contributed by atoms with Gasteiger partial charge in [0.1, 0.15) is 0 Å². The molecule has 2 rings (SSSR count). The second kappa shape index (κ2) is 5.15. The number of nitrogens with one attached hydrogen (secondary N) is 2. The summed E-state index contributed by atoms with van der Waals surface area (Å²) in [6.07, 6.45) is 5.01. The van der Waals surface area contributed by atoms with Gasteiger partial charge in [-0.25, -0.2) is 0 Å². The molecule has 0 radical (unpaired) electrons. The summed E-state index contributed by atoms with van der Waals surface area (Å²) in [5.74, 6) is 0.176. The number of ether oxygens (including phenoxy) is 1. The van der Waals surface area contributed by atoms with Crippen LogP contribution in [-0.4, -0.2) is 37.2 Å². The monoisotopic (exact) mass is 226 g/mol. The van der Waals surface area contributed by atoms with Crippen molar-refractivity contribution in [3.8, 4) is 0 Å². The van der Waals surface area contributed by atoms with E-state index in [-0.39, 0.29) is 11.4 Å². The van der Waals surface area contributed by atoms with E-state index in [0.29, 0.717) is 12.5 Å². The van der Waals surface area contributed by atoms with Gasteiger partial charge in [-0.15, -0.1) is 0 Å². The van der Waals surface area contributed by atoms with Crippen LogP contribution in [0, 0.1) is 0 Å². The van der Waals surface area contributed by atoms with Crippen molar-refractivity contribution in [2.45, 2.75) is 50.6 Å². The summed E-state index contributed by atoms with van der Waals surface area (Å²) >= 11 is 0. The standard InChI is InChI=1S/C12H22N2O2/c1-12(5-3-7-16-9-12)14-10-4-2-6-13-11(15)8-10/h10,14H,2-9H2,1H3,(H,13,15). The van der Waals surface area contributed by atoms with Crippen molar-refractivity contribution in [3.05, 3.63) is 0 Å². The third-order valence-corrected chi connectivity index (χ3v) is 3.47. The van der Waals surface area contributed by atoms with E-state index in [1.54, 1.807) is 0 Å². The van der Waals surface area contributed by atoms with Crippen LogP contribution in [0.2, 0.25) is 0 Å². The molecule has 16 heavy (non-hydrogen) atoms. The Morgan fingerprint density at radius 3 is 3.12 bits per heavy atom. The molecule has 2 aliphatic heterocycles. The van der Waals surface area contributed by atoms with Crippen LogP contribution < -0.4 is 10.6 Å². The molecule has 2 fully saturated rings. The Kier molecular flexibility index (Phi) is 3.82. The summed E-state index contributed by atoms with van der Waals surface area (Å²) in [6, 6.07) is 0.314. The summed E-state index contributed by atoms with van der Waals surface area (Å²) in [7, 11) is 0. The predicted molar refractivity (Wildman–Crippen MR) is 62.2 cm³/mol. The lowest BCUT2D eigenvalue weighted by Gasteiger charge is -2.37. The number of hydrogen-bond acceptors (Lipinski definition) is 3. The molecule has 2 aliphatic rings. The third kappa shape index (κ3) is 3.19. The fourth-order valence-corrected chi connectivity index (χ4v) is 2.64. The van der Waals surface area contributed by atoms with Gasteiger partial charge in [0.2, 0.25) is 5.91 Å².